The van der Waals surface area contributed by atoms with Crippen molar-refractivity contribution in [3.05, 3.63) is 56.1 Å². The molecule has 2 rings (SSSR count). The van der Waals surface area contributed by atoms with Gasteiger partial charge in [0.25, 0.3) is 0 Å². The summed E-state index contributed by atoms with van der Waals surface area (Å²) >= 11 is 5.79. The third-order valence-electron chi connectivity index (χ3n) is 2.80. The molecule has 0 radical (unpaired) electrons. The molecule has 0 heterocycles. The van der Waals surface area contributed by atoms with Crippen molar-refractivity contribution in [2.24, 2.45) is 0 Å². The first kappa shape index (κ1) is 15.8. The number of benzene rings is 2. The van der Waals surface area contributed by atoms with Crippen LogP contribution in [0, 0.1) is 3.57 Å². The molecule has 0 saturated carbocycles. The number of rotatable bonds is 6. The van der Waals surface area contributed by atoms with Crippen molar-refractivity contribution in [3.8, 4) is 11.5 Å². The fraction of sp³-hybridized carbons (Fsp3) is 0.250. The van der Waals surface area contributed by atoms with Crippen LogP contribution in [0.2, 0.25) is 0 Å². The van der Waals surface area contributed by atoms with Gasteiger partial charge in [0.1, 0.15) is 11.5 Å². The molecule has 2 aromatic carbocycles. The summed E-state index contributed by atoms with van der Waals surface area (Å²) in [5.41, 5.74) is 1.17. The zero-order valence-electron chi connectivity index (χ0n) is 11.3. The zero-order chi connectivity index (χ0) is 14.4. The summed E-state index contributed by atoms with van der Waals surface area (Å²) in [4.78, 5) is 0. The fourth-order valence-corrected chi connectivity index (χ4v) is 2.68. The van der Waals surface area contributed by atoms with E-state index in [-0.39, 0.29) is 0 Å². The molecule has 0 spiro atoms. The Hall–Kier alpha value is -0.590. The Labute approximate surface area is 142 Å². The maximum absolute atomic E-state index is 6.03. The van der Waals surface area contributed by atoms with E-state index in [9.17, 15) is 0 Å². The minimum absolute atomic E-state index is 0.820. The lowest BCUT2D eigenvalue weighted by atomic mass is 10.2. The van der Waals surface area contributed by atoms with Gasteiger partial charge in [0.15, 0.2) is 0 Å². The topological polar surface area (TPSA) is 21.3 Å². The van der Waals surface area contributed by atoms with Crippen molar-refractivity contribution in [3.63, 3.8) is 0 Å². The van der Waals surface area contributed by atoms with Gasteiger partial charge in [0.05, 0.1) is 0 Å². The molecule has 2 aromatic rings. The number of nitrogens with one attached hydrogen (secondary N) is 1. The number of ether oxygens (including phenoxy) is 1. The van der Waals surface area contributed by atoms with Gasteiger partial charge in [-0.15, -0.1) is 0 Å². The monoisotopic (exact) mass is 445 g/mol. The van der Waals surface area contributed by atoms with Gasteiger partial charge in [-0.3, -0.25) is 0 Å². The normalized spacial score (nSPS) is 10.6. The first-order chi connectivity index (χ1) is 9.69. The molecule has 0 aliphatic rings. The highest BCUT2D eigenvalue weighted by atomic mass is 127. The van der Waals surface area contributed by atoms with E-state index in [1.54, 1.807) is 0 Å². The van der Waals surface area contributed by atoms with Gasteiger partial charge in [-0.2, -0.15) is 0 Å². The van der Waals surface area contributed by atoms with Gasteiger partial charge in [0, 0.05) is 20.2 Å². The average molecular weight is 446 g/mol. The van der Waals surface area contributed by atoms with Gasteiger partial charge in [-0.05, 0) is 65.9 Å². The van der Waals surface area contributed by atoms with Crippen LogP contribution in [-0.2, 0) is 6.54 Å². The molecule has 0 bridgehead atoms. The molecular formula is C16H17BrINO. The van der Waals surface area contributed by atoms with Gasteiger partial charge in [-0.1, -0.05) is 35.0 Å². The van der Waals surface area contributed by atoms with Crippen LogP contribution < -0.4 is 10.1 Å². The third-order valence-corrected chi connectivity index (χ3v) is 3.96. The SMILES string of the molecule is CCCNCc1ccc(Br)cc1Oc1cccc(I)c1. The lowest BCUT2D eigenvalue weighted by Crippen LogP contribution is -2.14. The fourth-order valence-electron chi connectivity index (χ4n) is 1.83. The molecule has 4 heteroatoms. The molecule has 0 aliphatic heterocycles. The van der Waals surface area contributed by atoms with Crippen molar-refractivity contribution < 1.29 is 4.74 Å². The Morgan fingerprint density at radius 2 is 2.05 bits per heavy atom. The van der Waals surface area contributed by atoms with Crippen molar-refractivity contribution in [2.75, 3.05) is 6.54 Å². The average Bonchev–Trinajstić information content (AvgIpc) is 2.41. The molecule has 0 aliphatic carbocycles. The van der Waals surface area contributed by atoms with Gasteiger partial charge in [-0.25, -0.2) is 0 Å². The van der Waals surface area contributed by atoms with Crippen molar-refractivity contribution >= 4 is 38.5 Å². The van der Waals surface area contributed by atoms with E-state index in [1.165, 1.54) is 9.13 Å². The minimum Gasteiger partial charge on any atom is -0.457 e. The molecular weight excluding hydrogens is 429 g/mol. The lowest BCUT2D eigenvalue weighted by Gasteiger charge is -2.12. The standard InChI is InChI=1S/C16H17BrINO/c1-2-8-19-11-12-6-7-13(17)9-16(12)20-15-5-3-4-14(18)10-15/h3-7,9-10,19H,2,8,11H2,1H3. The predicted octanol–water partition coefficient (Wildman–Crippen LogP) is 5.35. The molecule has 2 nitrogen and oxygen atoms in total. The van der Waals surface area contributed by atoms with Crippen molar-refractivity contribution in [1.29, 1.82) is 0 Å². The van der Waals surface area contributed by atoms with E-state index < -0.39 is 0 Å². The third kappa shape index (κ3) is 4.75. The summed E-state index contributed by atoms with van der Waals surface area (Å²) in [6, 6.07) is 14.2. The molecule has 0 amide bonds. The van der Waals surface area contributed by atoms with Crippen LogP contribution in [0.5, 0.6) is 11.5 Å². The second-order valence-corrected chi connectivity index (χ2v) is 6.65. The smallest absolute Gasteiger partial charge is 0.133 e. The number of hydrogen-bond acceptors (Lipinski definition) is 2. The quantitative estimate of drug-likeness (QED) is 0.478. The maximum atomic E-state index is 6.03. The number of halogens is 2. The molecule has 1 N–H and O–H groups in total. The van der Waals surface area contributed by atoms with E-state index in [1.807, 2.05) is 30.3 Å². The highest BCUT2D eigenvalue weighted by molar-refractivity contribution is 14.1. The van der Waals surface area contributed by atoms with Gasteiger partial charge >= 0.3 is 0 Å². The second kappa shape index (κ2) is 8.00. The molecule has 20 heavy (non-hydrogen) atoms. The van der Waals surface area contributed by atoms with Crippen LogP contribution in [-0.4, -0.2) is 6.54 Å². The Kier molecular flexibility index (Phi) is 6.32. The highest BCUT2D eigenvalue weighted by Gasteiger charge is 2.06. The molecule has 0 saturated heterocycles. The van der Waals surface area contributed by atoms with E-state index >= 15 is 0 Å². The van der Waals surface area contributed by atoms with Crippen LogP contribution in [0.15, 0.2) is 46.9 Å². The van der Waals surface area contributed by atoms with E-state index in [0.717, 1.165) is 35.5 Å². The summed E-state index contributed by atoms with van der Waals surface area (Å²) in [6.45, 7) is 4.00. The summed E-state index contributed by atoms with van der Waals surface area (Å²) in [7, 11) is 0. The van der Waals surface area contributed by atoms with Gasteiger partial charge in [0.2, 0.25) is 0 Å². The van der Waals surface area contributed by atoms with Crippen LogP contribution >= 0.6 is 38.5 Å². The molecule has 0 aromatic heterocycles. The predicted molar refractivity (Wildman–Crippen MR) is 95.4 cm³/mol. The van der Waals surface area contributed by atoms with Crippen molar-refractivity contribution in [2.45, 2.75) is 19.9 Å². The van der Waals surface area contributed by atoms with Crippen molar-refractivity contribution in [1.82, 2.24) is 5.32 Å². The number of hydrogen-bond donors (Lipinski definition) is 1. The Bertz CT molecular complexity index is 574. The van der Waals surface area contributed by atoms with E-state index in [4.69, 9.17) is 4.74 Å². The minimum atomic E-state index is 0.820. The summed E-state index contributed by atoms with van der Waals surface area (Å²) in [5, 5.41) is 3.41. The van der Waals surface area contributed by atoms with Crippen LogP contribution in [0.25, 0.3) is 0 Å². The first-order valence-electron chi connectivity index (χ1n) is 6.61. The summed E-state index contributed by atoms with van der Waals surface area (Å²) in [5.74, 6) is 1.76. The van der Waals surface area contributed by atoms with E-state index in [2.05, 4.69) is 62.9 Å². The largest absolute Gasteiger partial charge is 0.457 e. The molecule has 0 fully saturated rings. The maximum Gasteiger partial charge on any atom is 0.133 e. The molecule has 0 atom stereocenters. The second-order valence-electron chi connectivity index (χ2n) is 4.49. The summed E-state index contributed by atoms with van der Waals surface area (Å²) < 4.78 is 8.22. The lowest BCUT2D eigenvalue weighted by molar-refractivity contribution is 0.472. The zero-order valence-corrected chi connectivity index (χ0v) is 15.1. The van der Waals surface area contributed by atoms with Crippen LogP contribution in [0.3, 0.4) is 0 Å². The molecule has 106 valence electrons. The Balaban J connectivity index is 2.18. The Morgan fingerprint density at radius 3 is 2.80 bits per heavy atom. The van der Waals surface area contributed by atoms with E-state index in [0.29, 0.717) is 0 Å². The highest BCUT2D eigenvalue weighted by Crippen LogP contribution is 2.29. The Morgan fingerprint density at radius 1 is 1.20 bits per heavy atom. The van der Waals surface area contributed by atoms with Crippen LogP contribution in [0.4, 0.5) is 0 Å². The van der Waals surface area contributed by atoms with Gasteiger partial charge < -0.3 is 10.1 Å². The van der Waals surface area contributed by atoms with Crippen LogP contribution in [0.1, 0.15) is 18.9 Å². The summed E-state index contributed by atoms with van der Waals surface area (Å²) in [6.07, 6.45) is 1.13. The molecule has 0 unspecified atom stereocenters. The first-order valence-corrected chi connectivity index (χ1v) is 8.49.